The van der Waals surface area contributed by atoms with Gasteiger partial charge in [-0.05, 0) is 24.6 Å². The number of amides is 1. The largest absolute Gasteiger partial charge is 0.364 e. The molecule has 0 saturated heterocycles. The molecule has 1 amide bonds. The molecule has 0 fully saturated rings. The molecule has 5 heteroatoms. The van der Waals surface area contributed by atoms with Gasteiger partial charge in [-0.2, -0.15) is 0 Å². The van der Waals surface area contributed by atoms with Gasteiger partial charge in [0.2, 0.25) is 0 Å². The van der Waals surface area contributed by atoms with Gasteiger partial charge in [0.15, 0.2) is 11.3 Å². The molecule has 0 aliphatic rings. The van der Waals surface area contributed by atoms with Crippen LogP contribution < -0.4 is 5.73 Å². The van der Waals surface area contributed by atoms with E-state index in [0.717, 1.165) is 11.3 Å². The molecule has 0 atom stereocenters. The molecular formula is C14H20N4O. The summed E-state index contributed by atoms with van der Waals surface area (Å²) >= 11 is 0. The molecule has 2 aromatic heterocycles. The second kappa shape index (κ2) is 5.95. The Kier molecular flexibility index (Phi) is 4.58. The molecule has 0 aromatic carbocycles. The van der Waals surface area contributed by atoms with E-state index in [1.54, 1.807) is 10.5 Å². The maximum Gasteiger partial charge on any atom is 0.271 e. The van der Waals surface area contributed by atoms with Crippen molar-refractivity contribution < 1.29 is 6.22 Å². The number of imidazole rings is 1. The van der Waals surface area contributed by atoms with Crippen molar-refractivity contribution in [1.29, 1.82) is 0 Å². The van der Waals surface area contributed by atoms with Crippen LogP contribution in [0.3, 0.4) is 0 Å². The van der Waals surface area contributed by atoms with Crippen LogP contribution in [0.5, 0.6) is 0 Å². The van der Waals surface area contributed by atoms with E-state index in [1.807, 2.05) is 26.8 Å². The van der Waals surface area contributed by atoms with Crippen molar-refractivity contribution in [2.45, 2.75) is 20.8 Å². The molecule has 0 radical (unpaired) electrons. The van der Waals surface area contributed by atoms with Crippen LogP contribution >= 0.6 is 0 Å². The summed E-state index contributed by atoms with van der Waals surface area (Å²) in [6.07, 6.45) is 3.11. The molecule has 5 nitrogen and oxygen atoms in total. The lowest BCUT2D eigenvalue weighted by atomic mass is 10.2. The summed E-state index contributed by atoms with van der Waals surface area (Å²) in [5.41, 5.74) is 8.13. The van der Waals surface area contributed by atoms with Crippen LogP contribution in [0.4, 0.5) is 0 Å². The standard InChI is InChI=1S/C12H12N4O.C2H6.H2/c1-4-8-5-9(7(2)3)16-6-14-10(11(13)17)12(16)15-8;1-2;/h4-6H,1-2H2,3H3,(H2,13,17);1-2H3;1H. The molecule has 0 unspecified atom stereocenters. The Bertz CT molecular complexity index is 646. The molecule has 0 aliphatic heterocycles. The second-order valence-electron chi connectivity index (χ2n) is 3.70. The smallest absolute Gasteiger partial charge is 0.271 e. The number of primary amides is 1. The van der Waals surface area contributed by atoms with E-state index in [2.05, 4.69) is 23.1 Å². The Morgan fingerprint density at radius 2 is 2.16 bits per heavy atom. The van der Waals surface area contributed by atoms with Gasteiger partial charge in [-0.3, -0.25) is 9.20 Å². The third-order valence-electron chi connectivity index (χ3n) is 2.40. The Hall–Kier alpha value is -2.43. The summed E-state index contributed by atoms with van der Waals surface area (Å²) in [4.78, 5) is 19.4. The van der Waals surface area contributed by atoms with E-state index in [0.29, 0.717) is 11.3 Å². The summed E-state index contributed by atoms with van der Waals surface area (Å²) in [6.45, 7) is 13.4. The first kappa shape index (κ1) is 14.6. The predicted molar refractivity (Wildman–Crippen MR) is 79.8 cm³/mol. The summed E-state index contributed by atoms with van der Waals surface area (Å²) < 4.78 is 1.69. The highest BCUT2D eigenvalue weighted by molar-refractivity contribution is 5.97. The zero-order chi connectivity index (χ0) is 14.6. The zero-order valence-electron chi connectivity index (χ0n) is 11.5. The van der Waals surface area contributed by atoms with Crippen LogP contribution in [-0.2, 0) is 0 Å². The van der Waals surface area contributed by atoms with E-state index in [1.165, 1.54) is 6.33 Å². The van der Waals surface area contributed by atoms with Crippen molar-refractivity contribution in [1.82, 2.24) is 14.4 Å². The number of allylic oxidation sites excluding steroid dienone is 1. The maximum atomic E-state index is 11.2. The number of rotatable bonds is 3. The van der Waals surface area contributed by atoms with Crippen molar-refractivity contribution in [3.63, 3.8) is 0 Å². The minimum Gasteiger partial charge on any atom is -0.364 e. The summed E-state index contributed by atoms with van der Waals surface area (Å²) in [5, 5.41) is 0. The van der Waals surface area contributed by atoms with E-state index >= 15 is 0 Å². The van der Waals surface area contributed by atoms with Gasteiger partial charge in [0, 0.05) is 1.43 Å². The Morgan fingerprint density at radius 1 is 1.53 bits per heavy atom. The topological polar surface area (TPSA) is 73.3 Å². The first-order chi connectivity index (χ1) is 9.04. The molecule has 0 bridgehead atoms. The fourth-order valence-corrected chi connectivity index (χ4v) is 1.60. The maximum absolute atomic E-state index is 11.2. The van der Waals surface area contributed by atoms with Gasteiger partial charge in [-0.15, -0.1) is 0 Å². The van der Waals surface area contributed by atoms with Crippen LogP contribution in [-0.4, -0.2) is 20.3 Å². The van der Waals surface area contributed by atoms with Crippen LogP contribution in [0.15, 0.2) is 25.6 Å². The highest BCUT2D eigenvalue weighted by Crippen LogP contribution is 2.17. The van der Waals surface area contributed by atoms with Crippen LogP contribution in [0.1, 0.15) is 44.1 Å². The van der Waals surface area contributed by atoms with Crippen molar-refractivity contribution in [2.75, 3.05) is 0 Å². The number of hydrogen-bond donors (Lipinski definition) is 1. The first-order valence-electron chi connectivity index (χ1n) is 6.01. The normalized spacial score (nSPS) is 9.63. The highest BCUT2D eigenvalue weighted by Gasteiger charge is 2.14. The summed E-state index contributed by atoms with van der Waals surface area (Å²) in [5.74, 6) is -0.603. The summed E-state index contributed by atoms with van der Waals surface area (Å²) in [6, 6.07) is 1.83. The van der Waals surface area contributed by atoms with Gasteiger partial charge in [0.25, 0.3) is 5.91 Å². The van der Waals surface area contributed by atoms with E-state index in [-0.39, 0.29) is 7.12 Å². The fourth-order valence-electron chi connectivity index (χ4n) is 1.60. The number of carbonyl (C=O) groups excluding carboxylic acids is 1. The number of nitrogens with two attached hydrogens (primary N) is 1. The Morgan fingerprint density at radius 3 is 2.63 bits per heavy atom. The zero-order valence-corrected chi connectivity index (χ0v) is 11.5. The quantitative estimate of drug-likeness (QED) is 0.922. The average Bonchev–Trinajstić information content (AvgIpc) is 2.83. The third kappa shape index (κ3) is 2.70. The van der Waals surface area contributed by atoms with Crippen LogP contribution in [0, 0.1) is 0 Å². The highest BCUT2D eigenvalue weighted by atomic mass is 16.1. The van der Waals surface area contributed by atoms with Gasteiger partial charge in [-0.25, -0.2) is 9.97 Å². The SMILES string of the molecule is C=Cc1cc(C(=C)C)n2cnc(C(N)=O)c2n1.CC.[HH]. The Labute approximate surface area is 114 Å². The molecule has 2 N–H and O–H groups in total. The molecule has 2 rings (SSSR count). The monoisotopic (exact) mass is 260 g/mol. The lowest BCUT2D eigenvalue weighted by Crippen LogP contribution is -2.12. The van der Waals surface area contributed by atoms with Gasteiger partial charge in [-0.1, -0.05) is 27.0 Å². The lowest BCUT2D eigenvalue weighted by Gasteiger charge is -2.06. The van der Waals surface area contributed by atoms with Crippen molar-refractivity contribution in [3.8, 4) is 0 Å². The molecule has 0 spiro atoms. The van der Waals surface area contributed by atoms with Crippen LogP contribution in [0.25, 0.3) is 17.3 Å². The second-order valence-corrected chi connectivity index (χ2v) is 3.70. The van der Waals surface area contributed by atoms with Gasteiger partial charge in [0.05, 0.1) is 11.4 Å². The molecule has 2 aromatic rings. The van der Waals surface area contributed by atoms with E-state index < -0.39 is 5.91 Å². The third-order valence-corrected chi connectivity index (χ3v) is 2.40. The van der Waals surface area contributed by atoms with E-state index in [4.69, 9.17) is 5.73 Å². The fraction of sp³-hybridized carbons (Fsp3) is 0.214. The van der Waals surface area contributed by atoms with Crippen molar-refractivity contribution in [2.24, 2.45) is 5.73 Å². The number of carbonyl (C=O) groups is 1. The Balaban J connectivity index is 0.00000115. The van der Waals surface area contributed by atoms with Crippen LogP contribution in [0.2, 0.25) is 0 Å². The first-order valence-corrected chi connectivity index (χ1v) is 6.01. The van der Waals surface area contributed by atoms with Crippen molar-refractivity contribution in [3.05, 3.63) is 42.6 Å². The van der Waals surface area contributed by atoms with Gasteiger partial charge < -0.3 is 5.73 Å². The average molecular weight is 260 g/mol. The van der Waals surface area contributed by atoms with Gasteiger partial charge in [0.1, 0.15) is 6.33 Å². The molecule has 102 valence electrons. The number of hydrogen-bond acceptors (Lipinski definition) is 3. The molecule has 0 saturated carbocycles. The molecular weight excluding hydrogens is 240 g/mol. The summed E-state index contributed by atoms with van der Waals surface area (Å²) in [7, 11) is 0. The lowest BCUT2D eigenvalue weighted by molar-refractivity contribution is 0.0997. The number of fused-ring (bicyclic) bond motifs is 1. The van der Waals surface area contributed by atoms with E-state index in [9.17, 15) is 4.79 Å². The minimum atomic E-state index is -0.603. The number of aromatic nitrogens is 3. The molecule has 0 aliphatic carbocycles. The predicted octanol–water partition coefficient (Wildman–Crippen LogP) is 2.78. The number of nitrogens with zero attached hydrogens (tertiary/aromatic N) is 3. The van der Waals surface area contributed by atoms with Crippen molar-refractivity contribution >= 4 is 23.2 Å². The minimum absolute atomic E-state index is 0. The molecule has 19 heavy (non-hydrogen) atoms. The molecule has 2 heterocycles. The van der Waals surface area contributed by atoms with Gasteiger partial charge >= 0.3 is 0 Å².